The lowest BCUT2D eigenvalue weighted by molar-refractivity contribution is 0.413. The van der Waals surface area contributed by atoms with Gasteiger partial charge in [0.05, 0.1) is 23.7 Å². The summed E-state index contributed by atoms with van der Waals surface area (Å²) in [5, 5.41) is 1.11. The van der Waals surface area contributed by atoms with Crippen LogP contribution in [-0.4, -0.2) is 21.6 Å². The Morgan fingerprint density at radius 3 is 2.71 bits per heavy atom. The number of hydrogen-bond acceptors (Lipinski definition) is 3. The summed E-state index contributed by atoms with van der Waals surface area (Å²) in [6.07, 6.45) is 1.57. The van der Waals surface area contributed by atoms with Crippen molar-refractivity contribution < 1.29 is 4.74 Å². The van der Waals surface area contributed by atoms with Gasteiger partial charge in [0.1, 0.15) is 17.1 Å². The van der Waals surface area contributed by atoms with E-state index in [0.717, 1.165) is 5.69 Å². The Morgan fingerprint density at radius 1 is 1.19 bits per heavy atom. The zero-order valence-corrected chi connectivity index (χ0v) is 13.2. The van der Waals surface area contributed by atoms with E-state index in [9.17, 15) is 0 Å². The Hall–Kier alpha value is -1.49. The second-order valence-corrected chi connectivity index (χ2v) is 5.45. The molecule has 0 fully saturated rings. The molecule has 0 spiro atoms. The predicted octanol–water partition coefficient (Wildman–Crippen LogP) is 4.47. The molecule has 0 saturated heterocycles. The molecular formula is C14H10Cl3N3O. The SMILES string of the molecule is COc1ccc(Cl)cc1-n1c(CCl)nc2cc(Cl)cnc21. The van der Waals surface area contributed by atoms with Gasteiger partial charge in [0, 0.05) is 11.2 Å². The fourth-order valence-electron chi connectivity index (χ4n) is 2.17. The molecule has 21 heavy (non-hydrogen) atoms. The average molecular weight is 343 g/mol. The standard InChI is InChI=1S/C14H10Cl3N3O/c1-21-12-3-2-8(16)5-11(12)20-13(6-15)19-10-4-9(17)7-18-14(10)20/h2-5,7H,6H2,1H3. The molecule has 0 aliphatic carbocycles. The smallest absolute Gasteiger partial charge is 0.164 e. The van der Waals surface area contributed by atoms with Gasteiger partial charge in [0.15, 0.2) is 5.65 Å². The van der Waals surface area contributed by atoms with Crippen LogP contribution in [0.3, 0.4) is 0 Å². The minimum Gasteiger partial charge on any atom is -0.495 e. The second kappa shape index (κ2) is 5.72. The number of benzene rings is 1. The van der Waals surface area contributed by atoms with Crippen molar-refractivity contribution >= 4 is 46.0 Å². The van der Waals surface area contributed by atoms with Gasteiger partial charge in [0.25, 0.3) is 0 Å². The molecule has 0 aliphatic rings. The van der Waals surface area contributed by atoms with Gasteiger partial charge in [-0.3, -0.25) is 4.57 Å². The molecule has 2 heterocycles. The first-order chi connectivity index (χ1) is 10.1. The molecule has 0 unspecified atom stereocenters. The molecule has 2 aromatic heterocycles. The molecule has 0 atom stereocenters. The van der Waals surface area contributed by atoms with Crippen molar-refractivity contribution in [2.24, 2.45) is 0 Å². The van der Waals surface area contributed by atoms with E-state index in [0.29, 0.717) is 32.8 Å². The number of imidazole rings is 1. The van der Waals surface area contributed by atoms with Crippen LogP contribution in [0.2, 0.25) is 10.0 Å². The summed E-state index contributed by atoms with van der Waals surface area (Å²) in [6.45, 7) is 0. The lowest BCUT2D eigenvalue weighted by Crippen LogP contribution is -2.03. The first-order valence-electron chi connectivity index (χ1n) is 6.07. The number of fused-ring (bicyclic) bond motifs is 1. The molecule has 0 aliphatic heterocycles. The Kier molecular flexibility index (Phi) is 3.93. The van der Waals surface area contributed by atoms with Gasteiger partial charge in [-0.25, -0.2) is 9.97 Å². The quantitative estimate of drug-likeness (QED) is 0.659. The topological polar surface area (TPSA) is 39.9 Å². The summed E-state index contributed by atoms with van der Waals surface area (Å²) in [5.41, 5.74) is 2.05. The van der Waals surface area contributed by atoms with Crippen LogP contribution in [0.1, 0.15) is 5.82 Å². The maximum Gasteiger partial charge on any atom is 0.164 e. The molecule has 0 bridgehead atoms. The summed E-state index contributed by atoms with van der Waals surface area (Å²) in [5.74, 6) is 1.52. The first kappa shape index (κ1) is 14.4. The van der Waals surface area contributed by atoms with Crippen molar-refractivity contribution in [1.82, 2.24) is 14.5 Å². The molecule has 1 aromatic carbocycles. The Balaban J connectivity index is 2.36. The van der Waals surface area contributed by atoms with Gasteiger partial charge in [0.2, 0.25) is 0 Å². The highest BCUT2D eigenvalue weighted by Gasteiger charge is 2.17. The molecule has 3 rings (SSSR count). The van der Waals surface area contributed by atoms with Gasteiger partial charge in [-0.15, -0.1) is 11.6 Å². The highest BCUT2D eigenvalue weighted by Crippen LogP contribution is 2.31. The van der Waals surface area contributed by atoms with E-state index in [1.807, 2.05) is 4.57 Å². The summed E-state index contributed by atoms with van der Waals surface area (Å²) < 4.78 is 7.21. The molecule has 3 aromatic rings. The van der Waals surface area contributed by atoms with E-state index in [4.69, 9.17) is 39.5 Å². The molecule has 0 N–H and O–H groups in total. The molecule has 4 nitrogen and oxygen atoms in total. The number of methoxy groups -OCH3 is 1. The minimum absolute atomic E-state index is 0.226. The normalized spacial score (nSPS) is 11.0. The van der Waals surface area contributed by atoms with Crippen LogP contribution in [0.25, 0.3) is 16.9 Å². The molecule has 108 valence electrons. The third-order valence-electron chi connectivity index (χ3n) is 3.03. The van der Waals surface area contributed by atoms with E-state index in [1.54, 1.807) is 37.6 Å². The number of pyridine rings is 1. The number of alkyl halides is 1. The number of hydrogen-bond donors (Lipinski definition) is 0. The summed E-state index contributed by atoms with van der Waals surface area (Å²) in [4.78, 5) is 8.80. The zero-order valence-electron chi connectivity index (χ0n) is 11.0. The van der Waals surface area contributed by atoms with E-state index >= 15 is 0 Å². The molecule has 0 amide bonds. The van der Waals surface area contributed by atoms with Gasteiger partial charge in [-0.2, -0.15) is 0 Å². The number of rotatable bonds is 3. The van der Waals surface area contributed by atoms with Crippen LogP contribution >= 0.6 is 34.8 Å². The van der Waals surface area contributed by atoms with Gasteiger partial charge >= 0.3 is 0 Å². The van der Waals surface area contributed by atoms with Gasteiger partial charge in [-0.05, 0) is 24.3 Å². The fraction of sp³-hybridized carbons (Fsp3) is 0.143. The molecule has 0 saturated carbocycles. The monoisotopic (exact) mass is 341 g/mol. The molecule has 0 radical (unpaired) electrons. The van der Waals surface area contributed by atoms with Crippen LogP contribution in [0.15, 0.2) is 30.5 Å². The fourth-order valence-corrected chi connectivity index (χ4v) is 2.67. The van der Waals surface area contributed by atoms with Crippen molar-refractivity contribution in [1.29, 1.82) is 0 Å². The van der Waals surface area contributed by atoms with Gasteiger partial charge in [-0.1, -0.05) is 23.2 Å². The zero-order chi connectivity index (χ0) is 15.0. The maximum absolute atomic E-state index is 6.10. The Morgan fingerprint density at radius 2 is 2.00 bits per heavy atom. The first-order valence-corrected chi connectivity index (χ1v) is 7.36. The second-order valence-electron chi connectivity index (χ2n) is 4.31. The van der Waals surface area contributed by atoms with Crippen molar-refractivity contribution in [3.8, 4) is 11.4 Å². The van der Waals surface area contributed by atoms with Crippen LogP contribution in [0.5, 0.6) is 5.75 Å². The lowest BCUT2D eigenvalue weighted by atomic mass is 10.3. The van der Waals surface area contributed by atoms with E-state index < -0.39 is 0 Å². The van der Waals surface area contributed by atoms with Crippen LogP contribution in [0.4, 0.5) is 0 Å². The Bertz CT molecular complexity index is 817. The largest absolute Gasteiger partial charge is 0.495 e. The third kappa shape index (κ3) is 2.55. The predicted molar refractivity (Wildman–Crippen MR) is 85.0 cm³/mol. The maximum atomic E-state index is 6.10. The average Bonchev–Trinajstić information content (AvgIpc) is 2.84. The number of halogens is 3. The Labute approximate surface area is 136 Å². The van der Waals surface area contributed by atoms with Gasteiger partial charge < -0.3 is 4.74 Å². The molecular weight excluding hydrogens is 333 g/mol. The number of aromatic nitrogens is 3. The van der Waals surface area contributed by atoms with E-state index in [1.165, 1.54) is 0 Å². The van der Waals surface area contributed by atoms with Crippen LogP contribution < -0.4 is 4.74 Å². The highest BCUT2D eigenvalue weighted by molar-refractivity contribution is 6.31. The number of nitrogens with zero attached hydrogens (tertiary/aromatic N) is 3. The number of ether oxygens (including phenoxy) is 1. The summed E-state index contributed by atoms with van der Waals surface area (Å²) in [6, 6.07) is 7.08. The summed E-state index contributed by atoms with van der Waals surface area (Å²) >= 11 is 18.1. The van der Waals surface area contributed by atoms with Crippen molar-refractivity contribution in [2.75, 3.05) is 7.11 Å². The van der Waals surface area contributed by atoms with E-state index in [2.05, 4.69) is 9.97 Å². The minimum atomic E-state index is 0.226. The van der Waals surface area contributed by atoms with E-state index in [-0.39, 0.29) is 5.88 Å². The summed E-state index contributed by atoms with van der Waals surface area (Å²) in [7, 11) is 1.59. The van der Waals surface area contributed by atoms with Crippen molar-refractivity contribution in [3.63, 3.8) is 0 Å². The van der Waals surface area contributed by atoms with Crippen molar-refractivity contribution in [2.45, 2.75) is 5.88 Å². The van der Waals surface area contributed by atoms with Crippen LogP contribution in [-0.2, 0) is 5.88 Å². The third-order valence-corrected chi connectivity index (χ3v) is 3.72. The highest BCUT2D eigenvalue weighted by atomic mass is 35.5. The van der Waals surface area contributed by atoms with Crippen molar-refractivity contribution in [3.05, 3.63) is 46.3 Å². The van der Waals surface area contributed by atoms with Crippen LogP contribution in [0, 0.1) is 0 Å². The lowest BCUT2D eigenvalue weighted by Gasteiger charge is -2.12. The molecule has 7 heteroatoms.